The number of hydrogen-bond donors (Lipinski definition) is 0. The van der Waals surface area contributed by atoms with E-state index in [0.717, 1.165) is 31.7 Å². The first-order chi connectivity index (χ1) is 11.9. The van der Waals surface area contributed by atoms with Gasteiger partial charge in [0.2, 0.25) is 0 Å². The van der Waals surface area contributed by atoms with E-state index in [2.05, 4.69) is 22.7 Å². The molecule has 0 aromatic carbocycles. The maximum Gasteiger partial charge on any atom is 0.156 e. The van der Waals surface area contributed by atoms with E-state index in [1.807, 2.05) is 6.20 Å². The van der Waals surface area contributed by atoms with Crippen LogP contribution in [0.4, 0.5) is 0 Å². The van der Waals surface area contributed by atoms with Gasteiger partial charge in [0.15, 0.2) is 5.65 Å². The predicted molar refractivity (Wildman–Crippen MR) is 94.0 cm³/mol. The van der Waals surface area contributed by atoms with Gasteiger partial charge in [-0.15, -0.1) is 0 Å². The summed E-state index contributed by atoms with van der Waals surface area (Å²) in [5, 5.41) is 0. The SMILES string of the molecule is C1=C(C2=CCc3ncc4nc(C5CCCCC5)cn4c32)CCOC1. The van der Waals surface area contributed by atoms with Gasteiger partial charge < -0.3 is 4.74 Å². The third-order valence-electron chi connectivity index (χ3n) is 5.69. The minimum atomic E-state index is 0.630. The molecule has 4 heteroatoms. The average molecular weight is 321 g/mol. The van der Waals surface area contributed by atoms with E-state index in [0.29, 0.717) is 5.92 Å². The Kier molecular flexibility index (Phi) is 3.51. The van der Waals surface area contributed by atoms with Crippen molar-refractivity contribution >= 4 is 11.2 Å². The standard InChI is InChI=1S/C20H23N3O/c1-2-4-15(5-3-1)18-13-23-19(22-18)12-21-17-7-6-16(20(17)23)14-8-10-24-11-9-14/h6,8,12-13,15H,1-5,7,9-11H2. The summed E-state index contributed by atoms with van der Waals surface area (Å²) in [5.74, 6) is 0.630. The van der Waals surface area contributed by atoms with Crippen LogP contribution in [0.2, 0.25) is 0 Å². The molecule has 2 aromatic heterocycles. The number of rotatable bonds is 2. The highest BCUT2D eigenvalue weighted by atomic mass is 16.5. The minimum absolute atomic E-state index is 0.630. The summed E-state index contributed by atoms with van der Waals surface area (Å²) in [7, 11) is 0. The Morgan fingerprint density at radius 2 is 2.04 bits per heavy atom. The van der Waals surface area contributed by atoms with Gasteiger partial charge in [0.05, 0.1) is 36.5 Å². The molecule has 3 heterocycles. The van der Waals surface area contributed by atoms with Crippen LogP contribution >= 0.6 is 0 Å². The summed E-state index contributed by atoms with van der Waals surface area (Å²) < 4.78 is 7.77. The van der Waals surface area contributed by atoms with Crippen LogP contribution in [0.15, 0.2) is 30.1 Å². The van der Waals surface area contributed by atoms with Crippen LogP contribution in [0.25, 0.3) is 11.2 Å². The van der Waals surface area contributed by atoms with E-state index in [1.54, 1.807) is 0 Å². The Hall–Kier alpha value is -1.94. The first-order valence-electron chi connectivity index (χ1n) is 9.25. The Bertz CT molecular complexity index is 840. The molecule has 0 saturated heterocycles. The first-order valence-corrected chi connectivity index (χ1v) is 9.25. The summed E-state index contributed by atoms with van der Waals surface area (Å²) in [6.07, 6.45) is 17.3. The molecule has 24 heavy (non-hydrogen) atoms. The fraction of sp³-hybridized carbons (Fsp3) is 0.500. The lowest BCUT2D eigenvalue weighted by atomic mass is 9.87. The zero-order valence-corrected chi connectivity index (χ0v) is 14.0. The summed E-state index contributed by atoms with van der Waals surface area (Å²) >= 11 is 0. The highest BCUT2D eigenvalue weighted by Crippen LogP contribution is 2.37. The van der Waals surface area contributed by atoms with Gasteiger partial charge in [0.25, 0.3) is 0 Å². The maximum absolute atomic E-state index is 5.48. The molecule has 0 N–H and O–H groups in total. The molecule has 0 amide bonds. The normalized spacial score (nSPS) is 21.7. The summed E-state index contributed by atoms with van der Waals surface area (Å²) in [4.78, 5) is 9.62. The van der Waals surface area contributed by atoms with Crippen LogP contribution in [0, 0.1) is 0 Å². The van der Waals surface area contributed by atoms with Crippen molar-refractivity contribution in [3.63, 3.8) is 0 Å². The van der Waals surface area contributed by atoms with E-state index in [9.17, 15) is 0 Å². The van der Waals surface area contributed by atoms with Crippen molar-refractivity contribution in [1.29, 1.82) is 0 Å². The zero-order valence-electron chi connectivity index (χ0n) is 14.0. The van der Waals surface area contributed by atoms with E-state index < -0.39 is 0 Å². The molecular formula is C20H23N3O. The molecule has 0 spiro atoms. The molecule has 0 unspecified atom stereocenters. The van der Waals surface area contributed by atoms with E-state index in [4.69, 9.17) is 14.7 Å². The summed E-state index contributed by atoms with van der Waals surface area (Å²) in [6, 6.07) is 0. The van der Waals surface area contributed by atoms with Crippen LogP contribution in [0.5, 0.6) is 0 Å². The third kappa shape index (κ3) is 2.32. The molecule has 1 saturated carbocycles. The van der Waals surface area contributed by atoms with Gasteiger partial charge in [0, 0.05) is 18.5 Å². The van der Waals surface area contributed by atoms with E-state index in [1.165, 1.54) is 60.3 Å². The summed E-state index contributed by atoms with van der Waals surface area (Å²) in [6.45, 7) is 1.54. The number of fused-ring (bicyclic) bond motifs is 3. The highest BCUT2D eigenvalue weighted by Gasteiger charge is 2.25. The highest BCUT2D eigenvalue weighted by molar-refractivity contribution is 5.82. The van der Waals surface area contributed by atoms with Gasteiger partial charge in [-0.3, -0.25) is 9.38 Å². The fourth-order valence-corrected chi connectivity index (χ4v) is 4.40. The minimum Gasteiger partial charge on any atom is -0.377 e. The molecule has 0 atom stereocenters. The number of aromatic nitrogens is 3. The zero-order chi connectivity index (χ0) is 15.9. The molecular weight excluding hydrogens is 298 g/mol. The predicted octanol–water partition coefficient (Wildman–Crippen LogP) is 4.06. The van der Waals surface area contributed by atoms with Crippen LogP contribution in [-0.4, -0.2) is 27.6 Å². The lowest BCUT2D eigenvalue weighted by Crippen LogP contribution is -2.07. The lowest BCUT2D eigenvalue weighted by molar-refractivity contribution is 0.156. The fourth-order valence-electron chi connectivity index (χ4n) is 4.40. The second-order valence-electron chi connectivity index (χ2n) is 7.16. The van der Waals surface area contributed by atoms with Crippen molar-refractivity contribution in [3.8, 4) is 0 Å². The molecule has 2 aliphatic carbocycles. The third-order valence-corrected chi connectivity index (χ3v) is 5.69. The number of hydrogen-bond acceptors (Lipinski definition) is 3. The summed E-state index contributed by atoms with van der Waals surface area (Å²) in [5.41, 5.74) is 7.45. The van der Waals surface area contributed by atoms with E-state index >= 15 is 0 Å². The molecule has 5 rings (SSSR count). The molecule has 2 aromatic rings. The van der Waals surface area contributed by atoms with Crippen molar-refractivity contribution in [2.24, 2.45) is 0 Å². The second kappa shape index (κ2) is 5.85. The van der Waals surface area contributed by atoms with Gasteiger partial charge in [-0.05, 0) is 30.4 Å². The van der Waals surface area contributed by atoms with Gasteiger partial charge >= 0.3 is 0 Å². The van der Waals surface area contributed by atoms with Crippen LogP contribution in [0.1, 0.15) is 61.5 Å². The smallest absolute Gasteiger partial charge is 0.156 e. The molecule has 0 radical (unpaired) electrons. The maximum atomic E-state index is 5.48. The number of imidazole rings is 1. The van der Waals surface area contributed by atoms with Gasteiger partial charge in [0.1, 0.15) is 0 Å². The van der Waals surface area contributed by atoms with Crippen molar-refractivity contribution in [3.05, 3.63) is 47.2 Å². The molecule has 4 nitrogen and oxygen atoms in total. The Morgan fingerprint density at radius 1 is 1.12 bits per heavy atom. The number of allylic oxidation sites excluding steroid dienone is 2. The van der Waals surface area contributed by atoms with Crippen LogP contribution in [-0.2, 0) is 11.2 Å². The molecule has 124 valence electrons. The van der Waals surface area contributed by atoms with Crippen molar-refractivity contribution in [1.82, 2.24) is 14.4 Å². The van der Waals surface area contributed by atoms with Gasteiger partial charge in [-0.2, -0.15) is 0 Å². The average Bonchev–Trinajstić information content (AvgIpc) is 3.27. The molecule has 3 aliphatic rings. The monoisotopic (exact) mass is 321 g/mol. The lowest BCUT2D eigenvalue weighted by Gasteiger charge is -2.19. The van der Waals surface area contributed by atoms with Crippen LogP contribution < -0.4 is 0 Å². The Balaban J connectivity index is 1.59. The second-order valence-corrected chi connectivity index (χ2v) is 7.16. The van der Waals surface area contributed by atoms with Crippen molar-refractivity contribution in [2.45, 2.75) is 50.9 Å². The van der Waals surface area contributed by atoms with Crippen LogP contribution in [0.3, 0.4) is 0 Å². The van der Waals surface area contributed by atoms with Crippen molar-refractivity contribution < 1.29 is 4.74 Å². The number of ether oxygens (including phenoxy) is 1. The molecule has 1 aliphatic heterocycles. The van der Waals surface area contributed by atoms with E-state index in [-0.39, 0.29) is 0 Å². The van der Waals surface area contributed by atoms with Crippen molar-refractivity contribution in [2.75, 3.05) is 13.2 Å². The molecule has 1 fully saturated rings. The molecule has 0 bridgehead atoms. The Morgan fingerprint density at radius 3 is 2.88 bits per heavy atom. The quantitative estimate of drug-likeness (QED) is 0.837. The number of nitrogens with zero attached hydrogens (tertiary/aromatic N) is 3. The van der Waals surface area contributed by atoms with Gasteiger partial charge in [-0.1, -0.05) is 31.4 Å². The first kappa shape index (κ1) is 14.4. The Labute approximate surface area is 142 Å². The largest absolute Gasteiger partial charge is 0.377 e. The topological polar surface area (TPSA) is 39.4 Å². The van der Waals surface area contributed by atoms with Gasteiger partial charge in [-0.25, -0.2) is 4.98 Å².